The molecule has 2 aromatic rings. The number of ether oxygens (including phenoxy) is 3. The fraction of sp³-hybridized carbons (Fsp3) is 0.474. The van der Waals surface area contributed by atoms with Gasteiger partial charge in [0.2, 0.25) is 0 Å². The van der Waals surface area contributed by atoms with E-state index in [0.717, 1.165) is 31.3 Å². The number of esters is 1. The largest absolute Gasteiger partial charge is 0.497 e. The number of aromatic amines is 1. The molecule has 26 heavy (non-hydrogen) atoms. The van der Waals surface area contributed by atoms with E-state index < -0.39 is 5.97 Å². The summed E-state index contributed by atoms with van der Waals surface area (Å²) < 4.78 is 15.8. The first kappa shape index (κ1) is 18.1. The minimum atomic E-state index is -0.569. The Bertz CT molecular complexity index is 814. The van der Waals surface area contributed by atoms with Crippen LogP contribution in [0.4, 0.5) is 0 Å². The number of fused-ring (bicyclic) bond motifs is 1. The second kappa shape index (κ2) is 7.68. The zero-order valence-electron chi connectivity index (χ0n) is 15.3. The van der Waals surface area contributed by atoms with Crippen molar-refractivity contribution >= 4 is 22.8 Å². The third-order valence-electron chi connectivity index (χ3n) is 4.68. The minimum Gasteiger partial charge on any atom is -0.497 e. The summed E-state index contributed by atoms with van der Waals surface area (Å²) >= 11 is 0. The lowest BCUT2D eigenvalue weighted by molar-refractivity contribution is -0.136. The van der Waals surface area contributed by atoms with Crippen LogP contribution in [0.25, 0.3) is 10.9 Å². The molecule has 1 unspecified atom stereocenters. The summed E-state index contributed by atoms with van der Waals surface area (Å²) in [6, 6.07) is 5.19. The van der Waals surface area contributed by atoms with E-state index in [0.29, 0.717) is 22.9 Å². The van der Waals surface area contributed by atoms with Gasteiger partial charge in [-0.1, -0.05) is 6.92 Å². The lowest BCUT2D eigenvalue weighted by Crippen LogP contribution is -2.41. The van der Waals surface area contributed by atoms with E-state index in [4.69, 9.17) is 14.2 Å². The van der Waals surface area contributed by atoms with Gasteiger partial charge in [-0.15, -0.1) is 0 Å². The number of hydrogen-bond donors (Lipinski definition) is 1. The summed E-state index contributed by atoms with van der Waals surface area (Å²) in [4.78, 5) is 29.3. The van der Waals surface area contributed by atoms with Crippen LogP contribution in [0.2, 0.25) is 0 Å². The first-order valence-electron chi connectivity index (χ1n) is 8.71. The van der Waals surface area contributed by atoms with Crippen LogP contribution in [-0.2, 0) is 9.53 Å². The summed E-state index contributed by atoms with van der Waals surface area (Å²) in [5, 5.41) is 0.768. The van der Waals surface area contributed by atoms with Crippen LogP contribution in [-0.4, -0.2) is 55.7 Å². The number of H-pyrrole nitrogens is 1. The molecule has 3 rings (SSSR count). The average molecular weight is 360 g/mol. The summed E-state index contributed by atoms with van der Waals surface area (Å²) in [5.74, 6) is 0.958. The van der Waals surface area contributed by atoms with Crippen LogP contribution < -0.4 is 9.47 Å². The number of nitrogens with one attached hydrogen (secondary N) is 1. The molecule has 1 fully saturated rings. The molecule has 1 aliphatic rings. The highest BCUT2D eigenvalue weighted by molar-refractivity contribution is 5.98. The van der Waals surface area contributed by atoms with Crippen molar-refractivity contribution in [3.8, 4) is 11.5 Å². The highest BCUT2D eigenvalue weighted by atomic mass is 16.5. The molecule has 0 radical (unpaired) electrons. The second-order valence-corrected chi connectivity index (χ2v) is 6.64. The molecule has 0 bridgehead atoms. The first-order chi connectivity index (χ1) is 12.5. The molecule has 7 heteroatoms. The average Bonchev–Trinajstić information content (AvgIpc) is 3.09. The Morgan fingerprint density at radius 1 is 1.23 bits per heavy atom. The summed E-state index contributed by atoms with van der Waals surface area (Å²) in [7, 11) is 3.11. The van der Waals surface area contributed by atoms with Crippen molar-refractivity contribution in [1.82, 2.24) is 9.88 Å². The zero-order valence-corrected chi connectivity index (χ0v) is 15.3. The maximum atomic E-state index is 12.3. The molecular formula is C19H24N2O5. The maximum Gasteiger partial charge on any atom is 0.355 e. The van der Waals surface area contributed by atoms with Gasteiger partial charge < -0.3 is 24.1 Å². The van der Waals surface area contributed by atoms with Crippen molar-refractivity contribution in [3.05, 3.63) is 23.9 Å². The molecule has 1 aromatic carbocycles. The molecule has 1 aliphatic heterocycles. The van der Waals surface area contributed by atoms with Crippen molar-refractivity contribution in [2.75, 3.05) is 33.9 Å². The molecule has 1 aromatic heterocycles. The van der Waals surface area contributed by atoms with Gasteiger partial charge in [0, 0.05) is 24.5 Å². The third kappa shape index (κ3) is 3.76. The fourth-order valence-electron chi connectivity index (χ4n) is 3.29. The Balaban J connectivity index is 1.69. The van der Waals surface area contributed by atoms with E-state index in [1.165, 1.54) is 0 Å². The number of carbonyl (C=O) groups is 2. The van der Waals surface area contributed by atoms with Gasteiger partial charge in [-0.25, -0.2) is 4.79 Å². The van der Waals surface area contributed by atoms with E-state index in [9.17, 15) is 9.59 Å². The number of methoxy groups -OCH3 is 2. The summed E-state index contributed by atoms with van der Waals surface area (Å²) in [6.07, 6.45) is 2.12. The smallest absolute Gasteiger partial charge is 0.355 e. The van der Waals surface area contributed by atoms with Crippen LogP contribution in [0.1, 0.15) is 30.3 Å². The molecule has 2 heterocycles. The maximum absolute atomic E-state index is 12.3. The van der Waals surface area contributed by atoms with Gasteiger partial charge in [0.1, 0.15) is 17.2 Å². The number of benzene rings is 1. The molecule has 1 atom stereocenters. The van der Waals surface area contributed by atoms with Crippen molar-refractivity contribution in [1.29, 1.82) is 0 Å². The van der Waals surface area contributed by atoms with E-state index in [2.05, 4.69) is 11.9 Å². The number of carbonyl (C=O) groups excluding carboxylic acids is 2. The molecule has 0 saturated carbocycles. The molecule has 0 spiro atoms. The number of hydrogen-bond acceptors (Lipinski definition) is 5. The van der Waals surface area contributed by atoms with Crippen LogP contribution in [0.5, 0.6) is 11.5 Å². The lowest BCUT2D eigenvalue weighted by Gasteiger charge is -2.30. The molecule has 1 saturated heterocycles. The highest BCUT2D eigenvalue weighted by Crippen LogP contribution is 2.31. The molecule has 0 aliphatic carbocycles. The quantitative estimate of drug-likeness (QED) is 0.829. The van der Waals surface area contributed by atoms with E-state index in [-0.39, 0.29) is 18.2 Å². The Kier molecular flexibility index (Phi) is 5.35. The Hall–Kier alpha value is -2.70. The molecule has 7 nitrogen and oxygen atoms in total. The number of amides is 1. The second-order valence-electron chi connectivity index (χ2n) is 6.64. The van der Waals surface area contributed by atoms with E-state index in [1.54, 1.807) is 37.3 Å². The van der Waals surface area contributed by atoms with E-state index >= 15 is 0 Å². The van der Waals surface area contributed by atoms with Gasteiger partial charge in [-0.3, -0.25) is 4.79 Å². The van der Waals surface area contributed by atoms with Gasteiger partial charge in [0.05, 0.1) is 19.7 Å². The monoisotopic (exact) mass is 360 g/mol. The Morgan fingerprint density at radius 2 is 2.04 bits per heavy atom. The Labute approximate surface area is 152 Å². The van der Waals surface area contributed by atoms with Crippen molar-refractivity contribution in [3.63, 3.8) is 0 Å². The molecule has 1 amide bonds. The number of aromatic nitrogens is 1. The van der Waals surface area contributed by atoms with Gasteiger partial charge in [0.25, 0.3) is 5.91 Å². The van der Waals surface area contributed by atoms with Gasteiger partial charge in [0.15, 0.2) is 6.61 Å². The number of piperidine rings is 1. The minimum absolute atomic E-state index is 0.153. The number of rotatable bonds is 5. The summed E-state index contributed by atoms with van der Waals surface area (Å²) in [5.41, 5.74) is 0.947. The van der Waals surface area contributed by atoms with Crippen molar-refractivity contribution in [2.45, 2.75) is 19.8 Å². The molecular weight excluding hydrogens is 336 g/mol. The standard InChI is InChI=1S/C19H24N2O5/c1-12-5-4-6-21(10-12)17(22)11-26-19(23)15-8-13-7-14(24-2)9-16(25-3)18(13)20-15/h7-9,12,20H,4-6,10-11H2,1-3H3. The third-order valence-corrected chi connectivity index (χ3v) is 4.68. The molecule has 140 valence electrons. The van der Waals surface area contributed by atoms with Crippen LogP contribution in [0.15, 0.2) is 18.2 Å². The van der Waals surface area contributed by atoms with Crippen LogP contribution in [0, 0.1) is 5.92 Å². The topological polar surface area (TPSA) is 80.9 Å². The highest BCUT2D eigenvalue weighted by Gasteiger charge is 2.22. The predicted octanol–water partition coefficient (Wildman–Crippen LogP) is 2.60. The number of likely N-dealkylation sites (tertiary alicyclic amines) is 1. The lowest BCUT2D eigenvalue weighted by atomic mass is 10.0. The first-order valence-corrected chi connectivity index (χ1v) is 8.71. The fourth-order valence-corrected chi connectivity index (χ4v) is 3.29. The van der Waals surface area contributed by atoms with E-state index in [1.807, 2.05) is 0 Å². The van der Waals surface area contributed by atoms with Crippen LogP contribution >= 0.6 is 0 Å². The van der Waals surface area contributed by atoms with Crippen molar-refractivity contribution in [2.24, 2.45) is 5.92 Å². The van der Waals surface area contributed by atoms with Crippen LogP contribution in [0.3, 0.4) is 0 Å². The predicted molar refractivity (Wildman–Crippen MR) is 96.7 cm³/mol. The van der Waals surface area contributed by atoms with Gasteiger partial charge in [-0.05, 0) is 30.9 Å². The normalized spacial score (nSPS) is 17.2. The zero-order chi connectivity index (χ0) is 18.7. The van der Waals surface area contributed by atoms with Gasteiger partial charge in [-0.2, -0.15) is 0 Å². The van der Waals surface area contributed by atoms with Gasteiger partial charge >= 0.3 is 5.97 Å². The molecule has 1 N–H and O–H groups in total. The SMILES string of the molecule is COc1cc(OC)c2[nH]c(C(=O)OCC(=O)N3CCCC(C)C3)cc2c1. The summed E-state index contributed by atoms with van der Waals surface area (Å²) in [6.45, 7) is 3.32. The Morgan fingerprint density at radius 3 is 2.73 bits per heavy atom. The van der Waals surface area contributed by atoms with Crippen molar-refractivity contribution < 1.29 is 23.8 Å². The number of nitrogens with zero attached hydrogens (tertiary/aromatic N) is 1.